The second-order valence-corrected chi connectivity index (χ2v) is 3.12. The summed E-state index contributed by atoms with van der Waals surface area (Å²) in [5.74, 6) is 0. The molecule has 68 valence electrons. The van der Waals surface area contributed by atoms with Crippen LogP contribution in [-0.2, 0) is 4.74 Å². The lowest BCUT2D eigenvalue weighted by molar-refractivity contribution is 0.0279. The van der Waals surface area contributed by atoms with Crippen molar-refractivity contribution in [2.24, 2.45) is 0 Å². The fraction of sp³-hybridized carbons (Fsp3) is 1.00. The molecule has 0 amide bonds. The van der Waals surface area contributed by atoms with Crippen LogP contribution in [0.3, 0.4) is 0 Å². The largest absolute Gasteiger partial charge is 0.393 e. The van der Waals surface area contributed by atoms with Crippen LogP contribution in [0.25, 0.3) is 0 Å². The lowest BCUT2D eigenvalue weighted by Gasteiger charge is -2.13. The summed E-state index contributed by atoms with van der Waals surface area (Å²) >= 11 is 0. The van der Waals surface area contributed by atoms with Crippen LogP contribution < -0.4 is 0 Å². The highest BCUT2D eigenvalue weighted by molar-refractivity contribution is 4.55. The van der Waals surface area contributed by atoms with Gasteiger partial charge in [-0.3, -0.25) is 0 Å². The maximum absolute atomic E-state index is 9.00. The van der Waals surface area contributed by atoms with Gasteiger partial charge < -0.3 is 9.84 Å². The molecule has 0 aliphatic rings. The highest BCUT2D eigenvalue weighted by Crippen LogP contribution is 2.02. The standard InChI is InChI=1S/C9H20O2/c1-4-5-6-11-9(3)7-8(2)10/h8-10H,4-7H2,1-3H3/t8-,9+/m0/s1. The number of hydrogen-bond donors (Lipinski definition) is 1. The molecule has 0 spiro atoms. The van der Waals surface area contributed by atoms with Crippen LogP contribution in [0, 0.1) is 0 Å². The van der Waals surface area contributed by atoms with E-state index in [1.807, 2.05) is 6.92 Å². The van der Waals surface area contributed by atoms with E-state index in [9.17, 15) is 0 Å². The van der Waals surface area contributed by atoms with Crippen molar-refractivity contribution in [1.29, 1.82) is 0 Å². The highest BCUT2D eigenvalue weighted by Gasteiger charge is 2.04. The van der Waals surface area contributed by atoms with E-state index in [1.165, 1.54) is 6.42 Å². The molecule has 0 unspecified atom stereocenters. The fourth-order valence-electron chi connectivity index (χ4n) is 0.977. The van der Waals surface area contributed by atoms with Crippen molar-refractivity contribution in [1.82, 2.24) is 0 Å². The van der Waals surface area contributed by atoms with Gasteiger partial charge in [0.15, 0.2) is 0 Å². The SMILES string of the molecule is CCCCO[C@H](C)C[C@H](C)O. The molecule has 0 rings (SSSR count). The molecule has 11 heavy (non-hydrogen) atoms. The summed E-state index contributed by atoms with van der Waals surface area (Å²) in [6.07, 6.45) is 2.98. The Labute approximate surface area is 69.6 Å². The molecule has 0 radical (unpaired) electrons. The van der Waals surface area contributed by atoms with Crippen molar-refractivity contribution >= 4 is 0 Å². The topological polar surface area (TPSA) is 29.5 Å². The molecule has 0 bridgehead atoms. The first-order valence-electron chi connectivity index (χ1n) is 4.46. The Bertz CT molecular complexity index is 81.6. The van der Waals surface area contributed by atoms with Crippen molar-refractivity contribution in [3.8, 4) is 0 Å². The van der Waals surface area contributed by atoms with Crippen LogP contribution in [0.5, 0.6) is 0 Å². The zero-order chi connectivity index (χ0) is 8.69. The number of hydrogen-bond acceptors (Lipinski definition) is 2. The summed E-state index contributed by atoms with van der Waals surface area (Å²) in [5, 5.41) is 9.00. The van der Waals surface area contributed by atoms with Crippen LogP contribution in [-0.4, -0.2) is 23.9 Å². The number of aliphatic hydroxyl groups excluding tert-OH is 1. The Balaban J connectivity index is 3.15. The normalized spacial score (nSPS) is 16.4. The molecule has 0 aliphatic heterocycles. The summed E-state index contributed by atoms with van der Waals surface area (Å²) in [7, 11) is 0. The van der Waals surface area contributed by atoms with E-state index in [-0.39, 0.29) is 12.2 Å². The van der Waals surface area contributed by atoms with Gasteiger partial charge in [-0.25, -0.2) is 0 Å². The Morgan fingerprint density at radius 2 is 2.00 bits per heavy atom. The average molecular weight is 160 g/mol. The molecule has 0 fully saturated rings. The summed E-state index contributed by atoms with van der Waals surface area (Å²) < 4.78 is 5.43. The first-order valence-corrected chi connectivity index (χ1v) is 4.46. The van der Waals surface area contributed by atoms with Crippen molar-refractivity contribution in [3.63, 3.8) is 0 Å². The summed E-state index contributed by atoms with van der Waals surface area (Å²) in [5.41, 5.74) is 0. The van der Waals surface area contributed by atoms with Gasteiger partial charge in [0.05, 0.1) is 12.2 Å². The zero-order valence-electron chi connectivity index (χ0n) is 7.84. The molecule has 0 aliphatic carbocycles. The highest BCUT2D eigenvalue weighted by atomic mass is 16.5. The van der Waals surface area contributed by atoms with Gasteiger partial charge in [-0.05, 0) is 26.7 Å². The molecule has 0 aromatic carbocycles. The van der Waals surface area contributed by atoms with E-state index >= 15 is 0 Å². The van der Waals surface area contributed by atoms with Gasteiger partial charge in [-0.1, -0.05) is 13.3 Å². The first-order chi connectivity index (χ1) is 5.16. The number of rotatable bonds is 6. The fourth-order valence-corrected chi connectivity index (χ4v) is 0.977. The van der Waals surface area contributed by atoms with Gasteiger partial charge in [0.2, 0.25) is 0 Å². The van der Waals surface area contributed by atoms with Crippen LogP contribution in [0.1, 0.15) is 40.0 Å². The molecule has 2 heteroatoms. The molecule has 0 saturated heterocycles. The number of ether oxygens (including phenoxy) is 1. The van der Waals surface area contributed by atoms with Crippen LogP contribution in [0.2, 0.25) is 0 Å². The van der Waals surface area contributed by atoms with Gasteiger partial charge >= 0.3 is 0 Å². The number of aliphatic hydroxyl groups is 1. The maximum Gasteiger partial charge on any atom is 0.0571 e. The quantitative estimate of drug-likeness (QED) is 0.602. The van der Waals surface area contributed by atoms with E-state index < -0.39 is 0 Å². The van der Waals surface area contributed by atoms with E-state index in [1.54, 1.807) is 6.92 Å². The Morgan fingerprint density at radius 1 is 1.36 bits per heavy atom. The molecule has 2 nitrogen and oxygen atoms in total. The van der Waals surface area contributed by atoms with Crippen molar-refractivity contribution in [3.05, 3.63) is 0 Å². The van der Waals surface area contributed by atoms with Crippen LogP contribution in [0.4, 0.5) is 0 Å². The monoisotopic (exact) mass is 160 g/mol. The molecule has 1 N–H and O–H groups in total. The minimum Gasteiger partial charge on any atom is -0.393 e. The maximum atomic E-state index is 9.00. The lowest BCUT2D eigenvalue weighted by Crippen LogP contribution is -2.15. The summed E-state index contributed by atoms with van der Waals surface area (Å²) in [6, 6.07) is 0. The van der Waals surface area contributed by atoms with Gasteiger partial charge in [0.25, 0.3) is 0 Å². The van der Waals surface area contributed by atoms with E-state index in [2.05, 4.69) is 6.92 Å². The molecular weight excluding hydrogens is 140 g/mol. The van der Waals surface area contributed by atoms with Crippen molar-refractivity contribution in [2.75, 3.05) is 6.61 Å². The van der Waals surface area contributed by atoms with Gasteiger partial charge in [0, 0.05) is 6.61 Å². The van der Waals surface area contributed by atoms with Crippen molar-refractivity contribution in [2.45, 2.75) is 52.2 Å². The minimum atomic E-state index is -0.244. The van der Waals surface area contributed by atoms with Crippen LogP contribution >= 0.6 is 0 Å². The lowest BCUT2D eigenvalue weighted by atomic mass is 10.2. The first kappa shape index (κ1) is 10.9. The Hall–Kier alpha value is -0.0800. The van der Waals surface area contributed by atoms with E-state index in [4.69, 9.17) is 9.84 Å². The van der Waals surface area contributed by atoms with Crippen LogP contribution in [0.15, 0.2) is 0 Å². The second-order valence-electron chi connectivity index (χ2n) is 3.12. The van der Waals surface area contributed by atoms with E-state index in [0.29, 0.717) is 0 Å². The summed E-state index contributed by atoms with van der Waals surface area (Å²) in [6.45, 7) is 6.76. The molecule has 0 heterocycles. The molecular formula is C9H20O2. The predicted octanol–water partition coefficient (Wildman–Crippen LogP) is 1.96. The van der Waals surface area contributed by atoms with E-state index in [0.717, 1.165) is 19.4 Å². The molecule has 0 aromatic heterocycles. The Kier molecular flexibility index (Phi) is 6.57. The third-order valence-corrected chi connectivity index (χ3v) is 1.57. The molecule has 0 aromatic rings. The second kappa shape index (κ2) is 6.62. The van der Waals surface area contributed by atoms with Gasteiger partial charge in [-0.2, -0.15) is 0 Å². The minimum absolute atomic E-state index is 0.196. The number of unbranched alkanes of at least 4 members (excludes halogenated alkanes) is 1. The third-order valence-electron chi connectivity index (χ3n) is 1.57. The average Bonchev–Trinajstić information content (AvgIpc) is 1.86. The van der Waals surface area contributed by atoms with Gasteiger partial charge in [-0.15, -0.1) is 0 Å². The molecule has 0 saturated carbocycles. The third kappa shape index (κ3) is 7.82. The Morgan fingerprint density at radius 3 is 2.45 bits per heavy atom. The predicted molar refractivity (Wildman–Crippen MR) is 46.6 cm³/mol. The van der Waals surface area contributed by atoms with Gasteiger partial charge in [0.1, 0.15) is 0 Å². The van der Waals surface area contributed by atoms with Crippen molar-refractivity contribution < 1.29 is 9.84 Å². The summed E-state index contributed by atoms with van der Waals surface area (Å²) in [4.78, 5) is 0. The molecule has 2 atom stereocenters. The zero-order valence-corrected chi connectivity index (χ0v) is 7.84. The smallest absolute Gasteiger partial charge is 0.0571 e.